The van der Waals surface area contributed by atoms with Gasteiger partial charge in [0.25, 0.3) is 0 Å². The maximum Gasteiger partial charge on any atom is 0.179 e. The Kier molecular flexibility index (Phi) is 7.03. The number of thioether (sulfide) groups is 1. The number of rotatable bonds is 8. The summed E-state index contributed by atoms with van der Waals surface area (Å²) in [5, 5.41) is 11.9. The van der Waals surface area contributed by atoms with E-state index in [9.17, 15) is 0 Å². The molecule has 1 atom stereocenters. The first-order chi connectivity index (χ1) is 10.3. The van der Waals surface area contributed by atoms with Crippen LogP contribution >= 0.6 is 34.9 Å². The molecule has 3 nitrogen and oxygen atoms in total. The maximum absolute atomic E-state index is 4.19. The van der Waals surface area contributed by atoms with E-state index in [1.807, 2.05) is 6.26 Å². The van der Waals surface area contributed by atoms with E-state index in [1.165, 1.54) is 16.9 Å². The molecule has 2 aromatic rings. The van der Waals surface area contributed by atoms with Crippen molar-refractivity contribution in [3.8, 4) is 0 Å². The summed E-state index contributed by atoms with van der Waals surface area (Å²) in [6, 6.07) is 9.24. The Morgan fingerprint density at radius 2 is 1.86 bits per heavy atom. The molecule has 0 spiro atoms. The van der Waals surface area contributed by atoms with Crippen molar-refractivity contribution in [2.24, 2.45) is 0 Å². The first kappa shape index (κ1) is 16.8. The van der Waals surface area contributed by atoms with Crippen molar-refractivity contribution < 1.29 is 0 Å². The van der Waals surface area contributed by atoms with E-state index >= 15 is 0 Å². The fourth-order valence-electron chi connectivity index (χ4n) is 2.01. The summed E-state index contributed by atoms with van der Waals surface area (Å²) < 4.78 is 2.02. The van der Waals surface area contributed by atoms with Crippen LogP contribution in [0.3, 0.4) is 0 Å². The van der Waals surface area contributed by atoms with Crippen LogP contribution in [0, 0.1) is 0 Å². The zero-order valence-corrected chi connectivity index (χ0v) is 15.1. The minimum atomic E-state index is 0.452. The Labute approximate surface area is 139 Å². The standard InChI is InChI=1S/C15H21N3S3/c1-4-10-16-13(5-2)11-6-8-12(9-7-11)20-15-18-17-14(19-3)21-15/h6-9,13,16H,4-5,10H2,1-3H3. The number of hydrogen-bond donors (Lipinski definition) is 1. The molecule has 0 saturated heterocycles. The van der Waals surface area contributed by atoms with Crippen molar-refractivity contribution >= 4 is 34.9 Å². The molecule has 114 valence electrons. The Bertz CT molecular complexity index is 539. The highest BCUT2D eigenvalue weighted by molar-refractivity contribution is 8.03. The van der Waals surface area contributed by atoms with Crippen molar-refractivity contribution in [3.63, 3.8) is 0 Å². The van der Waals surface area contributed by atoms with Gasteiger partial charge in [0.05, 0.1) is 0 Å². The van der Waals surface area contributed by atoms with Crippen LogP contribution in [0.1, 0.15) is 38.3 Å². The fourth-order valence-corrected chi connectivity index (χ4v) is 4.42. The summed E-state index contributed by atoms with van der Waals surface area (Å²) in [4.78, 5) is 1.22. The lowest BCUT2D eigenvalue weighted by atomic mass is 10.0. The van der Waals surface area contributed by atoms with Gasteiger partial charge in [-0.05, 0) is 43.3 Å². The summed E-state index contributed by atoms with van der Waals surface area (Å²) in [6.07, 6.45) is 4.30. The van der Waals surface area contributed by atoms with E-state index in [2.05, 4.69) is 53.6 Å². The van der Waals surface area contributed by atoms with Crippen LogP contribution in [0.25, 0.3) is 0 Å². The Hall–Kier alpha value is -0.560. The second-order valence-corrected chi connectivity index (χ2v) is 7.98. The van der Waals surface area contributed by atoms with Crippen LogP contribution in [-0.4, -0.2) is 23.0 Å². The lowest BCUT2D eigenvalue weighted by molar-refractivity contribution is 0.518. The van der Waals surface area contributed by atoms with Gasteiger partial charge in [-0.1, -0.05) is 60.8 Å². The van der Waals surface area contributed by atoms with Gasteiger partial charge in [0.1, 0.15) is 0 Å². The molecule has 1 unspecified atom stereocenters. The second kappa shape index (κ2) is 8.78. The van der Waals surface area contributed by atoms with Crippen molar-refractivity contribution in [1.29, 1.82) is 0 Å². The largest absolute Gasteiger partial charge is 0.310 e. The Morgan fingerprint density at radius 3 is 2.43 bits per heavy atom. The number of nitrogens with one attached hydrogen (secondary N) is 1. The van der Waals surface area contributed by atoms with Crippen LogP contribution in [0.15, 0.2) is 37.8 Å². The summed E-state index contributed by atoms with van der Waals surface area (Å²) in [6.45, 7) is 5.49. The van der Waals surface area contributed by atoms with Gasteiger partial charge in [-0.3, -0.25) is 0 Å². The highest BCUT2D eigenvalue weighted by Gasteiger charge is 2.09. The number of aromatic nitrogens is 2. The summed E-state index contributed by atoms with van der Waals surface area (Å²) in [7, 11) is 0. The molecule has 0 aliphatic rings. The molecule has 0 amide bonds. The van der Waals surface area contributed by atoms with E-state index in [-0.39, 0.29) is 0 Å². The van der Waals surface area contributed by atoms with Crippen molar-refractivity contribution in [3.05, 3.63) is 29.8 Å². The first-order valence-electron chi connectivity index (χ1n) is 7.15. The topological polar surface area (TPSA) is 37.8 Å². The summed E-state index contributed by atoms with van der Waals surface area (Å²) in [5.74, 6) is 0. The van der Waals surface area contributed by atoms with Gasteiger partial charge >= 0.3 is 0 Å². The quantitative estimate of drug-likeness (QED) is 0.695. The molecule has 1 aromatic heterocycles. The molecule has 1 heterocycles. The molecule has 1 N–H and O–H groups in total. The van der Waals surface area contributed by atoms with E-state index in [1.54, 1.807) is 34.9 Å². The predicted octanol–water partition coefficient (Wildman–Crippen LogP) is 4.86. The Morgan fingerprint density at radius 1 is 1.14 bits per heavy atom. The van der Waals surface area contributed by atoms with Crippen LogP contribution in [0.2, 0.25) is 0 Å². The maximum atomic E-state index is 4.19. The van der Waals surface area contributed by atoms with Gasteiger partial charge in [0, 0.05) is 10.9 Å². The zero-order chi connectivity index (χ0) is 15.1. The van der Waals surface area contributed by atoms with Crippen LogP contribution < -0.4 is 5.32 Å². The third kappa shape index (κ3) is 4.98. The SMILES string of the molecule is CCCNC(CC)c1ccc(Sc2nnc(SC)s2)cc1. The van der Waals surface area contributed by atoms with Gasteiger partial charge in [0.2, 0.25) is 0 Å². The molecule has 21 heavy (non-hydrogen) atoms. The van der Waals surface area contributed by atoms with E-state index in [0.717, 1.165) is 21.6 Å². The van der Waals surface area contributed by atoms with Crippen LogP contribution in [-0.2, 0) is 0 Å². The van der Waals surface area contributed by atoms with E-state index in [0.29, 0.717) is 6.04 Å². The number of nitrogens with zero attached hydrogens (tertiary/aromatic N) is 2. The van der Waals surface area contributed by atoms with Gasteiger partial charge in [-0.25, -0.2) is 0 Å². The molecule has 0 bridgehead atoms. The fraction of sp³-hybridized carbons (Fsp3) is 0.467. The average molecular weight is 340 g/mol. The third-order valence-electron chi connectivity index (χ3n) is 3.10. The highest BCUT2D eigenvalue weighted by atomic mass is 32.2. The Balaban J connectivity index is 2.00. The molecule has 0 radical (unpaired) electrons. The average Bonchev–Trinajstić information content (AvgIpc) is 2.97. The molecule has 0 aliphatic heterocycles. The van der Waals surface area contributed by atoms with Crippen molar-refractivity contribution in [2.75, 3.05) is 12.8 Å². The van der Waals surface area contributed by atoms with Gasteiger partial charge < -0.3 is 5.32 Å². The smallest absolute Gasteiger partial charge is 0.179 e. The molecule has 6 heteroatoms. The van der Waals surface area contributed by atoms with Crippen LogP contribution in [0.5, 0.6) is 0 Å². The third-order valence-corrected chi connectivity index (χ3v) is 6.06. The van der Waals surface area contributed by atoms with Crippen LogP contribution in [0.4, 0.5) is 0 Å². The monoisotopic (exact) mass is 339 g/mol. The molecule has 0 fully saturated rings. The van der Waals surface area contributed by atoms with Gasteiger partial charge in [-0.2, -0.15) is 0 Å². The highest BCUT2D eigenvalue weighted by Crippen LogP contribution is 2.33. The molecule has 2 rings (SSSR count). The number of hydrogen-bond acceptors (Lipinski definition) is 6. The minimum Gasteiger partial charge on any atom is -0.310 e. The van der Waals surface area contributed by atoms with E-state index < -0.39 is 0 Å². The normalized spacial score (nSPS) is 12.5. The molecule has 0 saturated carbocycles. The lowest BCUT2D eigenvalue weighted by Crippen LogP contribution is -2.21. The zero-order valence-electron chi connectivity index (χ0n) is 12.6. The second-order valence-electron chi connectivity index (χ2n) is 4.62. The van der Waals surface area contributed by atoms with E-state index in [4.69, 9.17) is 0 Å². The van der Waals surface area contributed by atoms with Gasteiger partial charge in [-0.15, -0.1) is 10.2 Å². The molecular formula is C15H21N3S3. The lowest BCUT2D eigenvalue weighted by Gasteiger charge is -2.17. The van der Waals surface area contributed by atoms with Gasteiger partial charge in [0.15, 0.2) is 8.68 Å². The minimum absolute atomic E-state index is 0.452. The van der Waals surface area contributed by atoms with Crippen molar-refractivity contribution in [1.82, 2.24) is 15.5 Å². The molecule has 1 aromatic carbocycles. The predicted molar refractivity (Wildman–Crippen MR) is 93.6 cm³/mol. The first-order valence-corrected chi connectivity index (χ1v) is 10.0. The number of benzene rings is 1. The van der Waals surface area contributed by atoms with Crippen molar-refractivity contribution in [2.45, 2.75) is 46.3 Å². The molecule has 0 aliphatic carbocycles. The summed E-state index contributed by atoms with van der Waals surface area (Å²) in [5.41, 5.74) is 1.36. The molecular weight excluding hydrogens is 318 g/mol. The summed E-state index contributed by atoms with van der Waals surface area (Å²) >= 11 is 4.97.